The third-order valence-corrected chi connectivity index (χ3v) is 6.15. The van der Waals surface area contributed by atoms with Crippen LogP contribution >= 0.6 is 0 Å². The lowest BCUT2D eigenvalue weighted by atomic mass is 9.81. The fourth-order valence-electron chi connectivity index (χ4n) is 4.48. The molecule has 2 aliphatic heterocycles. The average molecular weight is 394 g/mol. The first-order valence-corrected chi connectivity index (χ1v) is 10.5. The van der Waals surface area contributed by atoms with Gasteiger partial charge in [-0.2, -0.15) is 0 Å². The summed E-state index contributed by atoms with van der Waals surface area (Å²) in [4.78, 5) is 21.8. The van der Waals surface area contributed by atoms with Crippen LogP contribution in [-0.2, 0) is 17.9 Å². The summed E-state index contributed by atoms with van der Waals surface area (Å²) in [5.74, 6) is 0.478. The molecule has 1 aromatic carbocycles. The molecule has 1 aromatic heterocycles. The van der Waals surface area contributed by atoms with Crippen molar-refractivity contribution >= 4 is 5.91 Å². The molecule has 29 heavy (non-hydrogen) atoms. The number of hydrogen-bond donors (Lipinski definition) is 0. The molecule has 5 heteroatoms. The standard InChI is InChI=1S/C24H28FN3O/c25-22-6-4-19(5-7-22)18-28-14-2-1-3-23(24(28)29)21-10-15-27(16-11-21)17-20-8-12-26-13-9-20/h1-2,4-9,12-13,21,23H,3,10-11,14-18H2/t23-/m0/s1. The lowest BCUT2D eigenvalue weighted by Crippen LogP contribution is -2.42. The van der Waals surface area contributed by atoms with Crippen molar-refractivity contribution in [1.82, 2.24) is 14.8 Å². The van der Waals surface area contributed by atoms with Crippen LogP contribution in [0.3, 0.4) is 0 Å². The zero-order chi connectivity index (χ0) is 20.1. The zero-order valence-corrected chi connectivity index (χ0v) is 16.7. The largest absolute Gasteiger partial charge is 0.334 e. The SMILES string of the molecule is O=C1[C@H](C2CCN(Cc3ccncc3)CC2)CC=CCN1Cc1ccc(F)cc1. The Morgan fingerprint density at radius 1 is 0.931 bits per heavy atom. The molecule has 4 nitrogen and oxygen atoms in total. The van der Waals surface area contributed by atoms with E-state index in [2.05, 4.69) is 34.2 Å². The van der Waals surface area contributed by atoms with Gasteiger partial charge in [0.05, 0.1) is 0 Å². The highest BCUT2D eigenvalue weighted by atomic mass is 19.1. The highest BCUT2D eigenvalue weighted by Crippen LogP contribution is 2.31. The Balaban J connectivity index is 1.35. The molecule has 0 spiro atoms. The Morgan fingerprint density at radius 3 is 2.34 bits per heavy atom. The summed E-state index contributed by atoms with van der Waals surface area (Å²) < 4.78 is 13.2. The number of rotatable bonds is 5. The summed E-state index contributed by atoms with van der Waals surface area (Å²) in [5.41, 5.74) is 2.26. The number of piperidine rings is 1. The molecule has 1 fully saturated rings. The number of amides is 1. The van der Waals surface area contributed by atoms with E-state index < -0.39 is 0 Å². The number of aromatic nitrogens is 1. The van der Waals surface area contributed by atoms with Gasteiger partial charge < -0.3 is 4.90 Å². The number of likely N-dealkylation sites (tertiary alicyclic amines) is 1. The van der Waals surface area contributed by atoms with Crippen LogP contribution in [-0.4, -0.2) is 40.3 Å². The van der Waals surface area contributed by atoms with E-state index in [-0.39, 0.29) is 17.6 Å². The molecule has 1 amide bonds. The molecule has 0 saturated carbocycles. The lowest BCUT2D eigenvalue weighted by Gasteiger charge is -2.36. The molecule has 0 aliphatic carbocycles. The maximum absolute atomic E-state index is 13.3. The predicted molar refractivity (Wildman–Crippen MR) is 111 cm³/mol. The Kier molecular flexibility index (Phi) is 6.35. The minimum Gasteiger partial charge on any atom is -0.334 e. The second-order valence-corrected chi connectivity index (χ2v) is 8.13. The number of carbonyl (C=O) groups excluding carboxylic acids is 1. The maximum atomic E-state index is 13.3. The first-order valence-electron chi connectivity index (χ1n) is 10.5. The second-order valence-electron chi connectivity index (χ2n) is 8.13. The Morgan fingerprint density at radius 2 is 1.62 bits per heavy atom. The van der Waals surface area contributed by atoms with E-state index in [1.807, 2.05) is 17.3 Å². The van der Waals surface area contributed by atoms with E-state index in [9.17, 15) is 9.18 Å². The Bertz CT molecular complexity index is 829. The molecule has 2 aromatic rings. The van der Waals surface area contributed by atoms with Crippen molar-refractivity contribution in [2.45, 2.75) is 32.4 Å². The average Bonchev–Trinajstić information content (AvgIpc) is 2.93. The van der Waals surface area contributed by atoms with E-state index in [1.165, 1.54) is 17.7 Å². The van der Waals surface area contributed by atoms with Crippen molar-refractivity contribution in [3.8, 4) is 0 Å². The molecule has 0 bridgehead atoms. The van der Waals surface area contributed by atoms with Crippen molar-refractivity contribution in [3.63, 3.8) is 0 Å². The van der Waals surface area contributed by atoms with Gasteiger partial charge in [0.15, 0.2) is 0 Å². The number of hydrogen-bond acceptors (Lipinski definition) is 3. The molecule has 1 atom stereocenters. The molecule has 0 N–H and O–H groups in total. The van der Waals surface area contributed by atoms with Crippen molar-refractivity contribution < 1.29 is 9.18 Å². The second kappa shape index (κ2) is 9.31. The van der Waals surface area contributed by atoms with E-state index in [0.29, 0.717) is 19.0 Å². The van der Waals surface area contributed by atoms with Gasteiger partial charge in [-0.05, 0) is 73.7 Å². The highest BCUT2D eigenvalue weighted by Gasteiger charge is 2.34. The number of benzene rings is 1. The number of allylic oxidation sites excluding steroid dienone is 1. The van der Waals surface area contributed by atoms with Crippen LogP contribution < -0.4 is 0 Å². The predicted octanol–water partition coefficient (Wildman–Crippen LogP) is 4.04. The van der Waals surface area contributed by atoms with Crippen LogP contribution in [0.4, 0.5) is 4.39 Å². The number of carbonyl (C=O) groups is 1. The van der Waals surface area contributed by atoms with Gasteiger partial charge >= 0.3 is 0 Å². The number of nitrogens with zero attached hydrogens (tertiary/aromatic N) is 3. The van der Waals surface area contributed by atoms with Gasteiger partial charge in [0.1, 0.15) is 5.82 Å². The Hall–Kier alpha value is -2.53. The van der Waals surface area contributed by atoms with Gasteiger partial charge in [-0.1, -0.05) is 24.3 Å². The van der Waals surface area contributed by atoms with E-state index >= 15 is 0 Å². The number of halogens is 1. The molecule has 3 heterocycles. The first kappa shape index (κ1) is 19.8. The number of pyridine rings is 1. The van der Waals surface area contributed by atoms with Gasteiger partial charge in [-0.15, -0.1) is 0 Å². The van der Waals surface area contributed by atoms with Gasteiger partial charge in [0, 0.05) is 37.9 Å². The highest BCUT2D eigenvalue weighted by molar-refractivity contribution is 5.80. The minimum absolute atomic E-state index is 0.0530. The van der Waals surface area contributed by atoms with Crippen LogP contribution in [0.15, 0.2) is 60.9 Å². The monoisotopic (exact) mass is 393 g/mol. The van der Waals surface area contributed by atoms with Crippen molar-refractivity contribution in [2.75, 3.05) is 19.6 Å². The fourth-order valence-corrected chi connectivity index (χ4v) is 4.48. The van der Waals surface area contributed by atoms with Crippen molar-refractivity contribution in [2.24, 2.45) is 11.8 Å². The van der Waals surface area contributed by atoms with Gasteiger partial charge in [-0.3, -0.25) is 14.7 Å². The van der Waals surface area contributed by atoms with Crippen molar-refractivity contribution in [3.05, 3.63) is 77.9 Å². The molecule has 1 saturated heterocycles. The molecule has 152 valence electrons. The summed E-state index contributed by atoms with van der Waals surface area (Å²) in [6.07, 6.45) is 10.9. The molecular formula is C24H28FN3O. The first-order chi connectivity index (χ1) is 14.2. The summed E-state index contributed by atoms with van der Waals surface area (Å²) in [5, 5.41) is 0. The topological polar surface area (TPSA) is 36.4 Å². The molecule has 0 radical (unpaired) electrons. The maximum Gasteiger partial charge on any atom is 0.226 e. The van der Waals surface area contributed by atoms with Crippen LogP contribution in [0.25, 0.3) is 0 Å². The van der Waals surface area contributed by atoms with Crippen LogP contribution in [0.1, 0.15) is 30.4 Å². The van der Waals surface area contributed by atoms with E-state index in [1.54, 1.807) is 12.1 Å². The van der Waals surface area contributed by atoms with Crippen LogP contribution in [0, 0.1) is 17.7 Å². The quantitative estimate of drug-likeness (QED) is 0.720. The zero-order valence-electron chi connectivity index (χ0n) is 16.7. The third kappa shape index (κ3) is 5.10. The molecule has 0 unspecified atom stereocenters. The summed E-state index contributed by atoms with van der Waals surface area (Å²) in [7, 11) is 0. The normalized spacial score (nSPS) is 21.3. The van der Waals surface area contributed by atoms with Gasteiger partial charge in [0.2, 0.25) is 5.91 Å². The van der Waals surface area contributed by atoms with Crippen molar-refractivity contribution in [1.29, 1.82) is 0 Å². The molecule has 2 aliphatic rings. The molecular weight excluding hydrogens is 365 g/mol. The summed E-state index contributed by atoms with van der Waals surface area (Å²) >= 11 is 0. The van der Waals surface area contributed by atoms with Crippen LogP contribution in [0.5, 0.6) is 0 Å². The molecule has 4 rings (SSSR count). The third-order valence-electron chi connectivity index (χ3n) is 6.15. The Labute approximate surface area is 172 Å². The van der Waals surface area contributed by atoms with Gasteiger partial charge in [-0.25, -0.2) is 4.39 Å². The minimum atomic E-state index is -0.243. The summed E-state index contributed by atoms with van der Waals surface area (Å²) in [6, 6.07) is 10.6. The lowest BCUT2D eigenvalue weighted by molar-refractivity contribution is -0.137. The van der Waals surface area contributed by atoms with Gasteiger partial charge in [0.25, 0.3) is 0 Å². The fraction of sp³-hybridized carbons (Fsp3) is 0.417. The van der Waals surface area contributed by atoms with Crippen LogP contribution in [0.2, 0.25) is 0 Å². The van der Waals surface area contributed by atoms with E-state index in [0.717, 1.165) is 44.5 Å². The van der Waals surface area contributed by atoms with E-state index in [4.69, 9.17) is 0 Å². The smallest absolute Gasteiger partial charge is 0.226 e. The summed E-state index contributed by atoms with van der Waals surface area (Å²) in [6.45, 7) is 4.18.